The van der Waals surface area contributed by atoms with E-state index < -0.39 is 0 Å². The molecule has 0 radical (unpaired) electrons. The van der Waals surface area contributed by atoms with Crippen LogP contribution in [0.1, 0.15) is 19.9 Å². The Hall–Kier alpha value is -1.56. The fraction of sp³-hybridized carbons (Fsp3) is 0.429. The number of aromatic nitrogens is 2. The SMILES string of the molecule is CC(C)n1cc(N=C(N)NO)cn1. The molecule has 1 aromatic rings. The summed E-state index contributed by atoms with van der Waals surface area (Å²) in [5.41, 5.74) is 7.59. The average Bonchev–Trinajstić information content (AvgIpc) is 2.52. The topological polar surface area (TPSA) is 88.5 Å². The second-order valence-electron chi connectivity index (χ2n) is 2.88. The fourth-order valence-corrected chi connectivity index (χ4v) is 0.832. The normalized spacial score (nSPS) is 12.2. The molecule has 0 spiro atoms. The molecule has 6 heteroatoms. The lowest BCUT2D eigenvalue weighted by molar-refractivity contribution is 0.233. The Morgan fingerprint density at radius 1 is 1.77 bits per heavy atom. The van der Waals surface area contributed by atoms with E-state index in [0.29, 0.717) is 5.69 Å². The standard InChI is InChI=1S/C7H13N5O/c1-5(2)12-4-6(3-9-12)10-7(8)11-13/h3-5,13H,1-2H3,(H3,8,10,11). The van der Waals surface area contributed by atoms with Crippen molar-refractivity contribution in [2.24, 2.45) is 10.7 Å². The van der Waals surface area contributed by atoms with Crippen LogP contribution in [0, 0.1) is 0 Å². The minimum atomic E-state index is -0.0525. The van der Waals surface area contributed by atoms with E-state index in [1.54, 1.807) is 22.6 Å². The van der Waals surface area contributed by atoms with E-state index >= 15 is 0 Å². The van der Waals surface area contributed by atoms with Crippen LogP contribution in [-0.2, 0) is 0 Å². The summed E-state index contributed by atoms with van der Waals surface area (Å²) >= 11 is 0. The van der Waals surface area contributed by atoms with Gasteiger partial charge in [0.2, 0.25) is 5.96 Å². The number of nitrogens with one attached hydrogen (secondary N) is 1. The highest BCUT2D eigenvalue weighted by Crippen LogP contribution is 2.12. The Kier molecular flexibility index (Phi) is 2.86. The highest BCUT2D eigenvalue weighted by Gasteiger charge is 2.00. The van der Waals surface area contributed by atoms with Gasteiger partial charge in [0, 0.05) is 6.04 Å². The minimum absolute atomic E-state index is 0.0525. The highest BCUT2D eigenvalue weighted by atomic mass is 16.5. The van der Waals surface area contributed by atoms with Gasteiger partial charge in [0.1, 0.15) is 5.69 Å². The van der Waals surface area contributed by atoms with E-state index in [1.165, 1.54) is 0 Å². The van der Waals surface area contributed by atoms with E-state index in [9.17, 15) is 0 Å². The summed E-state index contributed by atoms with van der Waals surface area (Å²) in [5.74, 6) is -0.0525. The molecular weight excluding hydrogens is 170 g/mol. The second-order valence-corrected chi connectivity index (χ2v) is 2.88. The summed E-state index contributed by atoms with van der Waals surface area (Å²) in [6.07, 6.45) is 3.32. The Morgan fingerprint density at radius 3 is 2.92 bits per heavy atom. The Bertz CT molecular complexity index is 304. The predicted octanol–water partition coefficient (Wildman–Crippen LogP) is 0.389. The maximum absolute atomic E-state index is 8.38. The van der Waals surface area contributed by atoms with Crippen LogP contribution in [0.4, 0.5) is 5.69 Å². The van der Waals surface area contributed by atoms with Gasteiger partial charge in [0.05, 0.1) is 12.4 Å². The van der Waals surface area contributed by atoms with Gasteiger partial charge >= 0.3 is 0 Å². The third-order valence-electron chi connectivity index (χ3n) is 1.48. The maximum atomic E-state index is 8.38. The van der Waals surface area contributed by atoms with Crippen molar-refractivity contribution in [3.05, 3.63) is 12.4 Å². The number of hydrogen-bond donors (Lipinski definition) is 3. The molecule has 0 bridgehead atoms. The molecule has 1 rings (SSSR count). The number of aliphatic imine (C=N–C) groups is 1. The molecule has 0 unspecified atom stereocenters. The zero-order chi connectivity index (χ0) is 9.84. The molecule has 4 N–H and O–H groups in total. The van der Waals surface area contributed by atoms with Crippen molar-refractivity contribution >= 4 is 11.6 Å². The molecule has 13 heavy (non-hydrogen) atoms. The molecule has 6 nitrogen and oxygen atoms in total. The third kappa shape index (κ3) is 2.45. The van der Waals surface area contributed by atoms with Crippen LogP contribution < -0.4 is 11.2 Å². The average molecular weight is 183 g/mol. The van der Waals surface area contributed by atoms with Gasteiger partial charge in [-0.3, -0.25) is 9.89 Å². The van der Waals surface area contributed by atoms with Crippen molar-refractivity contribution in [2.75, 3.05) is 0 Å². The van der Waals surface area contributed by atoms with Crippen LogP contribution in [0.2, 0.25) is 0 Å². The first-order chi connectivity index (χ1) is 6.13. The maximum Gasteiger partial charge on any atom is 0.218 e. The molecule has 0 atom stereocenters. The molecule has 0 aliphatic heterocycles. The van der Waals surface area contributed by atoms with Gasteiger partial charge in [-0.25, -0.2) is 10.5 Å². The van der Waals surface area contributed by atoms with Gasteiger partial charge in [-0.05, 0) is 13.8 Å². The number of rotatable bonds is 2. The molecule has 1 aromatic heterocycles. The van der Waals surface area contributed by atoms with Gasteiger partial charge in [0.25, 0.3) is 0 Å². The monoisotopic (exact) mass is 183 g/mol. The molecule has 0 aliphatic rings. The van der Waals surface area contributed by atoms with Crippen LogP contribution in [0.3, 0.4) is 0 Å². The zero-order valence-corrected chi connectivity index (χ0v) is 7.60. The lowest BCUT2D eigenvalue weighted by Crippen LogP contribution is -2.27. The first-order valence-corrected chi connectivity index (χ1v) is 3.92. The smallest absolute Gasteiger partial charge is 0.218 e. The first-order valence-electron chi connectivity index (χ1n) is 3.92. The van der Waals surface area contributed by atoms with E-state index in [2.05, 4.69) is 10.1 Å². The quantitative estimate of drug-likeness (QED) is 0.351. The third-order valence-corrected chi connectivity index (χ3v) is 1.48. The van der Waals surface area contributed by atoms with Crippen LogP contribution in [0.15, 0.2) is 17.4 Å². The van der Waals surface area contributed by atoms with Gasteiger partial charge in [0.15, 0.2) is 0 Å². The van der Waals surface area contributed by atoms with Crippen LogP contribution in [-0.4, -0.2) is 20.9 Å². The summed E-state index contributed by atoms with van der Waals surface area (Å²) in [7, 11) is 0. The van der Waals surface area contributed by atoms with Crippen molar-refractivity contribution in [2.45, 2.75) is 19.9 Å². The lowest BCUT2D eigenvalue weighted by atomic mass is 10.4. The largest absolute Gasteiger partial charge is 0.368 e. The molecule has 1 heterocycles. The molecule has 0 aromatic carbocycles. The Morgan fingerprint density at radius 2 is 2.46 bits per heavy atom. The molecular formula is C7H13N5O. The molecule has 0 aliphatic carbocycles. The summed E-state index contributed by atoms with van der Waals surface area (Å²) in [4.78, 5) is 3.83. The number of nitrogens with two attached hydrogens (primary N) is 1. The highest BCUT2D eigenvalue weighted by molar-refractivity contribution is 5.79. The van der Waals surface area contributed by atoms with Crippen molar-refractivity contribution in [3.8, 4) is 0 Å². The van der Waals surface area contributed by atoms with Gasteiger partial charge < -0.3 is 5.73 Å². The molecule has 0 saturated heterocycles. The minimum Gasteiger partial charge on any atom is -0.368 e. The fourth-order valence-electron chi connectivity index (χ4n) is 0.832. The number of hydrogen-bond acceptors (Lipinski definition) is 3. The summed E-state index contributed by atoms with van der Waals surface area (Å²) in [5, 5.41) is 12.4. The molecule has 0 saturated carbocycles. The lowest BCUT2D eigenvalue weighted by Gasteiger charge is -2.02. The van der Waals surface area contributed by atoms with E-state index in [0.717, 1.165) is 0 Å². The van der Waals surface area contributed by atoms with Gasteiger partial charge in [-0.1, -0.05) is 0 Å². The van der Waals surface area contributed by atoms with Crippen molar-refractivity contribution in [1.82, 2.24) is 15.3 Å². The zero-order valence-electron chi connectivity index (χ0n) is 7.60. The summed E-state index contributed by atoms with van der Waals surface area (Å²) in [6.45, 7) is 4.02. The number of nitrogens with zero attached hydrogens (tertiary/aromatic N) is 3. The van der Waals surface area contributed by atoms with E-state index in [4.69, 9.17) is 10.9 Å². The predicted molar refractivity (Wildman–Crippen MR) is 48.8 cm³/mol. The number of hydroxylamine groups is 1. The summed E-state index contributed by atoms with van der Waals surface area (Å²) < 4.78 is 1.75. The van der Waals surface area contributed by atoms with Crippen molar-refractivity contribution < 1.29 is 5.21 Å². The van der Waals surface area contributed by atoms with Crippen LogP contribution in [0.25, 0.3) is 0 Å². The van der Waals surface area contributed by atoms with Crippen molar-refractivity contribution in [3.63, 3.8) is 0 Å². The molecule has 0 amide bonds. The van der Waals surface area contributed by atoms with E-state index in [1.807, 2.05) is 13.8 Å². The summed E-state index contributed by atoms with van der Waals surface area (Å²) in [6, 6.07) is 0.285. The Labute approximate surface area is 76.0 Å². The van der Waals surface area contributed by atoms with E-state index in [-0.39, 0.29) is 12.0 Å². The Balaban J connectivity index is 2.80. The van der Waals surface area contributed by atoms with Crippen LogP contribution in [0.5, 0.6) is 0 Å². The van der Waals surface area contributed by atoms with Crippen molar-refractivity contribution in [1.29, 1.82) is 0 Å². The second kappa shape index (κ2) is 3.90. The van der Waals surface area contributed by atoms with Crippen LogP contribution >= 0.6 is 0 Å². The molecule has 72 valence electrons. The number of guanidine groups is 1. The van der Waals surface area contributed by atoms with Gasteiger partial charge in [-0.15, -0.1) is 0 Å². The first kappa shape index (κ1) is 9.53. The van der Waals surface area contributed by atoms with Gasteiger partial charge in [-0.2, -0.15) is 5.10 Å². The molecule has 0 fully saturated rings.